The first-order chi connectivity index (χ1) is 7.68. The van der Waals surface area contributed by atoms with Crippen LogP contribution in [-0.2, 0) is 0 Å². The van der Waals surface area contributed by atoms with Crippen LogP contribution in [-0.4, -0.2) is 20.0 Å². The van der Waals surface area contributed by atoms with E-state index in [0.717, 1.165) is 11.0 Å². The Morgan fingerprint density at radius 3 is 2.50 bits per heavy atom. The number of rotatable bonds is 3. The van der Waals surface area contributed by atoms with Gasteiger partial charge >= 0.3 is 0 Å². The molecule has 1 aliphatic carbocycles. The van der Waals surface area contributed by atoms with Crippen LogP contribution >= 0.6 is 11.8 Å². The molecule has 1 aromatic heterocycles. The van der Waals surface area contributed by atoms with E-state index in [1.165, 1.54) is 32.1 Å². The van der Waals surface area contributed by atoms with Crippen molar-refractivity contribution in [2.24, 2.45) is 0 Å². The van der Waals surface area contributed by atoms with Gasteiger partial charge in [-0.2, -0.15) is 0 Å². The summed E-state index contributed by atoms with van der Waals surface area (Å²) < 4.78 is 2.36. The van der Waals surface area contributed by atoms with Gasteiger partial charge in [0.25, 0.3) is 0 Å². The van der Waals surface area contributed by atoms with E-state index in [0.29, 0.717) is 11.3 Å². The molecule has 4 heteroatoms. The Kier molecular flexibility index (Phi) is 3.90. The zero-order valence-electron chi connectivity index (χ0n) is 10.4. The maximum absolute atomic E-state index is 4.31. The molecule has 2 rings (SSSR count). The highest BCUT2D eigenvalue weighted by molar-refractivity contribution is 7.99. The minimum absolute atomic E-state index is 0.575. The molecule has 0 spiro atoms. The van der Waals surface area contributed by atoms with Gasteiger partial charge in [0.1, 0.15) is 5.82 Å². The van der Waals surface area contributed by atoms with Crippen LogP contribution in [0.2, 0.25) is 0 Å². The Labute approximate surface area is 102 Å². The third kappa shape index (κ3) is 2.59. The van der Waals surface area contributed by atoms with Crippen LogP contribution in [0.4, 0.5) is 0 Å². The average molecular weight is 239 g/mol. The van der Waals surface area contributed by atoms with Gasteiger partial charge in [0, 0.05) is 11.3 Å². The Hall–Kier alpha value is -0.510. The summed E-state index contributed by atoms with van der Waals surface area (Å²) in [5.41, 5.74) is 0. The summed E-state index contributed by atoms with van der Waals surface area (Å²) in [5, 5.41) is 10.2. The van der Waals surface area contributed by atoms with Gasteiger partial charge in [-0.05, 0) is 19.8 Å². The quantitative estimate of drug-likeness (QED) is 0.755. The highest BCUT2D eigenvalue weighted by Gasteiger charge is 2.21. The van der Waals surface area contributed by atoms with E-state index in [4.69, 9.17) is 0 Å². The normalized spacial score (nSPS) is 18.2. The highest BCUT2D eigenvalue weighted by Crippen LogP contribution is 2.33. The molecule has 0 radical (unpaired) electrons. The van der Waals surface area contributed by atoms with E-state index in [1.807, 2.05) is 11.8 Å². The Balaban J connectivity index is 2.19. The van der Waals surface area contributed by atoms with Gasteiger partial charge in [0.15, 0.2) is 5.16 Å². The van der Waals surface area contributed by atoms with Crippen molar-refractivity contribution in [3.05, 3.63) is 5.82 Å². The molecular weight excluding hydrogens is 218 g/mol. The van der Waals surface area contributed by atoms with Crippen LogP contribution in [0.25, 0.3) is 0 Å². The monoisotopic (exact) mass is 239 g/mol. The fourth-order valence-electron chi connectivity index (χ4n) is 2.40. The van der Waals surface area contributed by atoms with Gasteiger partial charge < -0.3 is 4.57 Å². The molecule has 1 aliphatic rings. The van der Waals surface area contributed by atoms with Crippen molar-refractivity contribution < 1.29 is 0 Å². The van der Waals surface area contributed by atoms with Crippen molar-refractivity contribution in [1.82, 2.24) is 14.8 Å². The summed E-state index contributed by atoms with van der Waals surface area (Å²) in [6, 6.07) is 0.644. The van der Waals surface area contributed by atoms with E-state index in [9.17, 15) is 0 Å². The molecule has 1 saturated carbocycles. The van der Waals surface area contributed by atoms with Crippen LogP contribution in [0.3, 0.4) is 0 Å². The molecule has 0 atom stereocenters. The lowest BCUT2D eigenvalue weighted by Gasteiger charge is -2.25. The van der Waals surface area contributed by atoms with E-state index in [1.54, 1.807) is 0 Å². The minimum Gasteiger partial charge on any atom is -0.303 e. The first-order valence-electron chi connectivity index (χ1n) is 6.26. The van der Waals surface area contributed by atoms with Crippen molar-refractivity contribution in [2.75, 3.05) is 0 Å². The Morgan fingerprint density at radius 1 is 1.19 bits per heavy atom. The van der Waals surface area contributed by atoms with Crippen molar-refractivity contribution in [3.8, 4) is 0 Å². The first kappa shape index (κ1) is 12.0. The predicted octanol–water partition coefficient (Wildman–Crippen LogP) is 3.59. The van der Waals surface area contributed by atoms with Crippen LogP contribution in [0, 0.1) is 6.92 Å². The molecule has 0 N–H and O–H groups in total. The molecule has 3 nitrogen and oxygen atoms in total. The van der Waals surface area contributed by atoms with Crippen molar-refractivity contribution in [1.29, 1.82) is 0 Å². The zero-order chi connectivity index (χ0) is 11.5. The molecule has 0 saturated heterocycles. The molecule has 0 unspecified atom stereocenters. The van der Waals surface area contributed by atoms with Crippen LogP contribution in [0.15, 0.2) is 5.16 Å². The van der Waals surface area contributed by atoms with Gasteiger partial charge in [-0.3, -0.25) is 0 Å². The summed E-state index contributed by atoms with van der Waals surface area (Å²) >= 11 is 1.83. The second kappa shape index (κ2) is 5.21. The van der Waals surface area contributed by atoms with Crippen molar-refractivity contribution in [3.63, 3.8) is 0 Å². The SMILES string of the molecule is Cc1nnc(SC(C)C)n1C1CCCCC1. The Morgan fingerprint density at radius 2 is 1.88 bits per heavy atom. The molecule has 0 bridgehead atoms. The summed E-state index contributed by atoms with van der Waals surface area (Å²) in [6.07, 6.45) is 6.70. The van der Waals surface area contributed by atoms with E-state index < -0.39 is 0 Å². The van der Waals surface area contributed by atoms with Gasteiger partial charge in [0.2, 0.25) is 0 Å². The summed E-state index contributed by atoms with van der Waals surface area (Å²) in [4.78, 5) is 0. The van der Waals surface area contributed by atoms with E-state index in [2.05, 4.69) is 35.5 Å². The molecular formula is C12H21N3S. The third-order valence-electron chi connectivity index (χ3n) is 3.12. The second-order valence-corrected chi connectivity index (χ2v) is 6.40. The number of hydrogen-bond donors (Lipinski definition) is 0. The number of aromatic nitrogens is 3. The summed E-state index contributed by atoms with van der Waals surface area (Å²) in [6.45, 7) is 6.49. The van der Waals surface area contributed by atoms with Gasteiger partial charge in [-0.25, -0.2) is 0 Å². The fraction of sp³-hybridized carbons (Fsp3) is 0.833. The van der Waals surface area contributed by atoms with Gasteiger partial charge in [0.05, 0.1) is 0 Å². The lowest BCUT2D eigenvalue weighted by molar-refractivity contribution is 0.332. The molecule has 1 fully saturated rings. The highest BCUT2D eigenvalue weighted by atomic mass is 32.2. The number of nitrogens with zero attached hydrogens (tertiary/aromatic N) is 3. The molecule has 0 aromatic carbocycles. The zero-order valence-corrected chi connectivity index (χ0v) is 11.3. The Bertz CT molecular complexity index is 340. The molecule has 1 heterocycles. The van der Waals surface area contributed by atoms with E-state index >= 15 is 0 Å². The third-order valence-corrected chi connectivity index (χ3v) is 4.08. The van der Waals surface area contributed by atoms with Gasteiger partial charge in [-0.1, -0.05) is 44.9 Å². The molecule has 1 aromatic rings. The molecule has 0 amide bonds. The van der Waals surface area contributed by atoms with E-state index in [-0.39, 0.29) is 0 Å². The minimum atomic E-state index is 0.575. The lowest BCUT2D eigenvalue weighted by atomic mass is 9.95. The maximum atomic E-state index is 4.31. The predicted molar refractivity (Wildman–Crippen MR) is 67.9 cm³/mol. The largest absolute Gasteiger partial charge is 0.303 e. The van der Waals surface area contributed by atoms with Crippen LogP contribution < -0.4 is 0 Å². The second-order valence-electron chi connectivity index (χ2n) is 4.86. The lowest BCUT2D eigenvalue weighted by Crippen LogP contribution is -2.15. The van der Waals surface area contributed by atoms with Crippen LogP contribution in [0.5, 0.6) is 0 Å². The standard InChI is InChI=1S/C12H21N3S/c1-9(2)16-12-14-13-10(3)15(12)11-7-5-4-6-8-11/h9,11H,4-8H2,1-3H3. The van der Waals surface area contributed by atoms with Crippen molar-refractivity contribution >= 4 is 11.8 Å². The summed E-state index contributed by atoms with van der Waals surface area (Å²) in [5.74, 6) is 1.08. The average Bonchev–Trinajstić information content (AvgIpc) is 2.60. The smallest absolute Gasteiger partial charge is 0.191 e. The molecule has 16 heavy (non-hydrogen) atoms. The number of thioether (sulfide) groups is 1. The van der Waals surface area contributed by atoms with Crippen molar-refractivity contribution in [2.45, 2.75) is 69.3 Å². The number of hydrogen-bond acceptors (Lipinski definition) is 3. The number of aryl methyl sites for hydroxylation is 1. The first-order valence-corrected chi connectivity index (χ1v) is 7.14. The summed E-state index contributed by atoms with van der Waals surface area (Å²) in [7, 11) is 0. The fourth-order valence-corrected chi connectivity index (χ4v) is 3.31. The topological polar surface area (TPSA) is 30.7 Å². The van der Waals surface area contributed by atoms with Crippen LogP contribution in [0.1, 0.15) is 57.8 Å². The maximum Gasteiger partial charge on any atom is 0.191 e. The molecule has 90 valence electrons. The molecule has 0 aliphatic heterocycles. The van der Waals surface area contributed by atoms with Gasteiger partial charge in [-0.15, -0.1) is 10.2 Å².